The van der Waals surface area contributed by atoms with Crippen molar-refractivity contribution >= 4 is 28.4 Å². The van der Waals surface area contributed by atoms with Crippen molar-refractivity contribution in [1.82, 2.24) is 34.4 Å². The van der Waals surface area contributed by atoms with E-state index in [2.05, 4.69) is 70.9 Å². The van der Waals surface area contributed by atoms with E-state index < -0.39 is 0 Å². The molecule has 6 rings (SSSR count). The normalized spacial score (nSPS) is 19.8. The highest BCUT2D eigenvalue weighted by Gasteiger charge is 2.42. The smallest absolute Gasteiger partial charge is 0.236 e. The Hall–Kier alpha value is -3.46. The van der Waals surface area contributed by atoms with Crippen LogP contribution in [-0.4, -0.2) is 86.1 Å². The van der Waals surface area contributed by atoms with Gasteiger partial charge in [0.25, 0.3) is 0 Å². The molecule has 1 N–H and O–H groups in total. The fourth-order valence-electron chi connectivity index (χ4n) is 6.30. The summed E-state index contributed by atoms with van der Waals surface area (Å²) < 4.78 is 1.86. The Labute approximate surface area is 217 Å². The van der Waals surface area contributed by atoms with Gasteiger partial charge in [-0.15, -0.1) is 0 Å². The van der Waals surface area contributed by atoms with Gasteiger partial charge >= 0.3 is 0 Å². The Bertz CT molecular complexity index is 1490. The number of hydrogen-bond donors (Lipinski definition) is 1. The Morgan fingerprint density at radius 3 is 2.54 bits per heavy atom. The number of nitrogens with one attached hydrogen (secondary N) is 1. The van der Waals surface area contributed by atoms with E-state index in [-0.39, 0.29) is 11.8 Å². The molecule has 0 spiro atoms. The number of fused-ring (bicyclic) bond motifs is 4. The van der Waals surface area contributed by atoms with Crippen LogP contribution in [0.15, 0.2) is 24.7 Å². The second kappa shape index (κ2) is 8.83. The zero-order chi connectivity index (χ0) is 26.0. The number of carbonyl (C=O) groups excluding carboxylic acids is 1. The molecule has 0 aromatic carbocycles. The van der Waals surface area contributed by atoms with Crippen LogP contribution in [-0.2, 0) is 4.79 Å². The number of pyridine rings is 2. The molecule has 6 heterocycles. The fraction of sp³-hybridized carbons (Fsp3) is 0.500. The zero-order valence-electron chi connectivity index (χ0n) is 22.6. The van der Waals surface area contributed by atoms with E-state index >= 15 is 0 Å². The van der Waals surface area contributed by atoms with Crippen molar-refractivity contribution in [2.45, 2.75) is 58.5 Å². The zero-order valence-corrected chi connectivity index (χ0v) is 22.6. The van der Waals surface area contributed by atoms with Crippen LogP contribution in [0.3, 0.4) is 0 Å². The third kappa shape index (κ3) is 3.87. The summed E-state index contributed by atoms with van der Waals surface area (Å²) in [5.41, 5.74) is 8.77. The standard InChI is InChI=1S/C28H36N8O/c1-16(2)25-26(21-13-35-28(29-15-30-35)18(4)17(21)3)31-22-9-10-23(32-27(22)25)36-19-7-8-20(36)12-34(11-19)24(37)14-33(5)6/h9-10,13,15-16,19-20,31H,7-8,11-12,14H2,1-6H3/t19-,20+. The van der Waals surface area contributed by atoms with Crippen LogP contribution in [0.25, 0.3) is 27.9 Å². The van der Waals surface area contributed by atoms with Gasteiger partial charge in [-0.3, -0.25) is 4.79 Å². The van der Waals surface area contributed by atoms with Gasteiger partial charge in [-0.05, 0) is 70.0 Å². The molecule has 2 bridgehead atoms. The molecule has 0 saturated carbocycles. The molecule has 1 amide bonds. The molecule has 4 aromatic heterocycles. The van der Waals surface area contributed by atoms with Crippen molar-refractivity contribution < 1.29 is 4.79 Å². The number of aryl methyl sites for hydroxylation is 1. The highest BCUT2D eigenvalue weighted by molar-refractivity contribution is 5.90. The quantitative estimate of drug-likeness (QED) is 0.449. The van der Waals surface area contributed by atoms with Gasteiger partial charge in [-0.1, -0.05) is 13.8 Å². The third-order valence-electron chi connectivity index (χ3n) is 8.19. The summed E-state index contributed by atoms with van der Waals surface area (Å²) in [5, 5.41) is 4.41. The van der Waals surface area contributed by atoms with Crippen molar-refractivity contribution in [3.8, 4) is 11.3 Å². The molecule has 2 saturated heterocycles. The summed E-state index contributed by atoms with van der Waals surface area (Å²) in [7, 11) is 3.90. The summed E-state index contributed by atoms with van der Waals surface area (Å²) in [4.78, 5) is 32.6. The average molecular weight is 501 g/mol. The predicted molar refractivity (Wildman–Crippen MR) is 146 cm³/mol. The lowest BCUT2D eigenvalue weighted by atomic mass is 9.95. The molecule has 0 aliphatic carbocycles. The topological polar surface area (TPSA) is 85.7 Å². The van der Waals surface area contributed by atoms with Gasteiger partial charge < -0.3 is 19.7 Å². The average Bonchev–Trinajstić information content (AvgIpc) is 3.54. The summed E-state index contributed by atoms with van der Waals surface area (Å²) in [6, 6.07) is 4.95. The molecule has 4 aromatic rings. The SMILES string of the molecule is Cc1c(-c2[nH]c3ccc(N4[C@@H]5CC[C@H]4CN(C(=O)CN(C)C)C5)nc3c2C(C)C)cn2ncnc2c1C. The van der Waals surface area contributed by atoms with Gasteiger partial charge in [-0.2, -0.15) is 5.10 Å². The first-order valence-corrected chi connectivity index (χ1v) is 13.3. The van der Waals surface area contributed by atoms with Gasteiger partial charge in [0.1, 0.15) is 12.1 Å². The van der Waals surface area contributed by atoms with Gasteiger partial charge in [0, 0.05) is 42.5 Å². The van der Waals surface area contributed by atoms with Crippen molar-refractivity contribution in [3.63, 3.8) is 0 Å². The number of likely N-dealkylation sites (tertiary alicyclic amines) is 1. The molecule has 2 fully saturated rings. The predicted octanol–water partition coefficient (Wildman–Crippen LogP) is 3.75. The summed E-state index contributed by atoms with van der Waals surface area (Å²) in [6.45, 7) is 10.7. The Kier molecular flexibility index (Phi) is 5.71. The van der Waals surface area contributed by atoms with E-state index in [1.54, 1.807) is 6.33 Å². The van der Waals surface area contributed by atoms with E-state index in [0.717, 1.165) is 65.3 Å². The number of amides is 1. The molecule has 2 aliphatic rings. The van der Waals surface area contributed by atoms with Crippen LogP contribution in [0.2, 0.25) is 0 Å². The molecule has 0 unspecified atom stereocenters. The lowest BCUT2D eigenvalue weighted by Crippen LogP contribution is -2.57. The second-order valence-corrected chi connectivity index (χ2v) is 11.3. The van der Waals surface area contributed by atoms with E-state index in [1.807, 2.05) is 23.5 Å². The lowest BCUT2D eigenvalue weighted by molar-refractivity contribution is -0.132. The molecule has 37 heavy (non-hydrogen) atoms. The summed E-state index contributed by atoms with van der Waals surface area (Å²) in [5.74, 6) is 1.53. The van der Waals surface area contributed by atoms with Crippen LogP contribution >= 0.6 is 0 Å². The number of rotatable bonds is 5. The van der Waals surface area contributed by atoms with Gasteiger partial charge in [0.15, 0.2) is 5.65 Å². The minimum absolute atomic E-state index is 0.220. The Balaban J connectivity index is 1.40. The fourth-order valence-corrected chi connectivity index (χ4v) is 6.30. The van der Waals surface area contributed by atoms with E-state index in [1.165, 1.54) is 11.1 Å². The minimum atomic E-state index is 0.220. The molecular formula is C28H36N8O. The highest BCUT2D eigenvalue weighted by atomic mass is 16.2. The molecule has 194 valence electrons. The van der Waals surface area contributed by atoms with Crippen molar-refractivity contribution in [3.05, 3.63) is 41.3 Å². The number of aromatic nitrogens is 5. The third-order valence-corrected chi connectivity index (χ3v) is 8.19. The first-order chi connectivity index (χ1) is 17.7. The first kappa shape index (κ1) is 23.9. The van der Waals surface area contributed by atoms with Crippen LogP contribution in [0, 0.1) is 13.8 Å². The molecule has 2 aliphatic heterocycles. The number of piperazine rings is 1. The van der Waals surface area contributed by atoms with Gasteiger partial charge in [0.2, 0.25) is 5.91 Å². The van der Waals surface area contributed by atoms with Crippen molar-refractivity contribution in [1.29, 1.82) is 0 Å². The lowest BCUT2D eigenvalue weighted by Gasteiger charge is -2.42. The van der Waals surface area contributed by atoms with Crippen LogP contribution in [0.1, 0.15) is 49.3 Å². The molecule has 2 atom stereocenters. The van der Waals surface area contributed by atoms with E-state index in [9.17, 15) is 4.79 Å². The monoisotopic (exact) mass is 500 g/mol. The van der Waals surface area contributed by atoms with Crippen LogP contribution in [0.4, 0.5) is 5.82 Å². The highest BCUT2D eigenvalue weighted by Crippen LogP contribution is 2.40. The number of H-pyrrole nitrogens is 1. The number of carbonyl (C=O) groups is 1. The molecule has 9 nitrogen and oxygen atoms in total. The number of nitrogens with zero attached hydrogens (tertiary/aromatic N) is 7. The minimum Gasteiger partial charge on any atom is -0.353 e. The van der Waals surface area contributed by atoms with Gasteiger partial charge in [-0.25, -0.2) is 14.5 Å². The van der Waals surface area contributed by atoms with Crippen LogP contribution < -0.4 is 4.90 Å². The number of anilines is 1. The summed E-state index contributed by atoms with van der Waals surface area (Å²) in [6.07, 6.45) is 5.88. The Morgan fingerprint density at radius 1 is 1.14 bits per heavy atom. The van der Waals surface area contributed by atoms with Crippen molar-refractivity contribution in [2.24, 2.45) is 0 Å². The Morgan fingerprint density at radius 2 is 1.86 bits per heavy atom. The largest absolute Gasteiger partial charge is 0.353 e. The van der Waals surface area contributed by atoms with Crippen LogP contribution in [0.5, 0.6) is 0 Å². The van der Waals surface area contributed by atoms with Crippen molar-refractivity contribution in [2.75, 3.05) is 38.6 Å². The van der Waals surface area contributed by atoms with Gasteiger partial charge in [0.05, 0.1) is 23.3 Å². The number of aromatic amines is 1. The molecule has 0 radical (unpaired) electrons. The maximum absolute atomic E-state index is 12.8. The maximum atomic E-state index is 12.8. The summed E-state index contributed by atoms with van der Waals surface area (Å²) >= 11 is 0. The van der Waals surface area contributed by atoms with E-state index in [0.29, 0.717) is 18.6 Å². The maximum Gasteiger partial charge on any atom is 0.236 e. The number of likely N-dealkylation sites (N-methyl/N-ethyl adjacent to an activating group) is 1. The van der Waals surface area contributed by atoms with E-state index in [4.69, 9.17) is 4.98 Å². The molecule has 9 heteroatoms. The molecular weight excluding hydrogens is 464 g/mol. The number of hydrogen-bond acceptors (Lipinski definition) is 6. The second-order valence-electron chi connectivity index (χ2n) is 11.3. The first-order valence-electron chi connectivity index (χ1n) is 13.3.